The Kier molecular flexibility index (Phi) is 5.01. The fraction of sp³-hybridized carbons (Fsp3) is 0.500. The van der Waals surface area contributed by atoms with Crippen LogP contribution in [-0.4, -0.2) is 31.5 Å². The van der Waals surface area contributed by atoms with Crippen molar-refractivity contribution in [1.82, 2.24) is 4.90 Å². The van der Waals surface area contributed by atoms with E-state index in [1.165, 1.54) is 4.90 Å². The molecule has 0 aromatic heterocycles. The summed E-state index contributed by atoms with van der Waals surface area (Å²) in [6, 6.07) is 5.13. The van der Waals surface area contributed by atoms with Crippen molar-refractivity contribution < 1.29 is 9.53 Å². The third-order valence-corrected chi connectivity index (χ3v) is 2.60. The summed E-state index contributed by atoms with van der Waals surface area (Å²) in [7, 11) is 3.44. The Morgan fingerprint density at radius 3 is 2.61 bits per heavy atom. The van der Waals surface area contributed by atoms with Crippen molar-refractivity contribution in [2.24, 2.45) is 5.92 Å². The van der Waals surface area contributed by atoms with Crippen LogP contribution in [0.1, 0.15) is 30.6 Å². The highest BCUT2D eigenvalue weighted by atomic mass is 16.5. The second-order valence-electron chi connectivity index (χ2n) is 4.99. The van der Waals surface area contributed by atoms with Crippen LogP contribution in [0.25, 0.3) is 0 Å². The van der Waals surface area contributed by atoms with Crippen molar-refractivity contribution in [3.8, 4) is 5.75 Å². The minimum absolute atomic E-state index is 0.0745. The van der Waals surface area contributed by atoms with Crippen LogP contribution in [0.4, 0.5) is 5.69 Å². The van der Waals surface area contributed by atoms with Crippen LogP contribution in [0, 0.1) is 5.92 Å². The van der Waals surface area contributed by atoms with Crippen molar-refractivity contribution >= 4 is 11.6 Å². The Bertz CT molecular complexity index is 414. The fourth-order valence-corrected chi connectivity index (χ4v) is 1.48. The number of nitrogens with zero attached hydrogens (tertiary/aromatic N) is 1. The minimum Gasteiger partial charge on any atom is -0.493 e. The molecule has 0 spiro atoms. The molecular formula is C14H22N2O2. The van der Waals surface area contributed by atoms with E-state index in [9.17, 15) is 4.79 Å². The van der Waals surface area contributed by atoms with Crippen molar-refractivity contribution in [1.29, 1.82) is 0 Å². The second-order valence-corrected chi connectivity index (χ2v) is 4.99. The fourth-order valence-electron chi connectivity index (χ4n) is 1.48. The molecule has 1 aromatic rings. The van der Waals surface area contributed by atoms with Crippen LogP contribution in [0.2, 0.25) is 0 Å². The van der Waals surface area contributed by atoms with Gasteiger partial charge in [0, 0.05) is 25.8 Å². The van der Waals surface area contributed by atoms with Gasteiger partial charge in [-0.25, -0.2) is 0 Å². The molecule has 0 saturated heterocycles. The highest BCUT2D eigenvalue weighted by molar-refractivity contribution is 5.97. The van der Waals surface area contributed by atoms with Gasteiger partial charge in [-0.05, 0) is 24.5 Å². The van der Waals surface area contributed by atoms with Gasteiger partial charge in [0.05, 0.1) is 12.2 Å². The van der Waals surface area contributed by atoms with Gasteiger partial charge in [-0.15, -0.1) is 0 Å². The molecular weight excluding hydrogens is 228 g/mol. The topological polar surface area (TPSA) is 55.6 Å². The SMILES string of the molecule is CC(C)CCOc1cc(N)ccc1C(=O)N(C)C. The van der Waals surface area contributed by atoms with Gasteiger partial charge in [-0.3, -0.25) is 4.79 Å². The Hall–Kier alpha value is -1.71. The number of anilines is 1. The maximum Gasteiger partial charge on any atom is 0.257 e. The first-order valence-electron chi connectivity index (χ1n) is 6.15. The molecule has 4 heteroatoms. The molecule has 1 aromatic carbocycles. The molecule has 0 radical (unpaired) electrons. The molecule has 1 amide bonds. The number of hydrogen-bond acceptors (Lipinski definition) is 3. The molecule has 0 saturated carbocycles. The van der Waals surface area contributed by atoms with Gasteiger partial charge in [0.15, 0.2) is 0 Å². The number of benzene rings is 1. The number of amides is 1. The van der Waals surface area contributed by atoms with Crippen LogP contribution in [0.3, 0.4) is 0 Å². The lowest BCUT2D eigenvalue weighted by Gasteiger charge is -2.16. The third-order valence-electron chi connectivity index (χ3n) is 2.60. The average molecular weight is 250 g/mol. The van der Waals surface area contributed by atoms with Crippen LogP contribution >= 0.6 is 0 Å². The molecule has 0 fully saturated rings. The first-order valence-corrected chi connectivity index (χ1v) is 6.15. The summed E-state index contributed by atoms with van der Waals surface area (Å²) in [4.78, 5) is 13.5. The number of nitrogens with two attached hydrogens (primary N) is 1. The van der Waals surface area contributed by atoms with E-state index >= 15 is 0 Å². The molecule has 0 bridgehead atoms. The quantitative estimate of drug-likeness (QED) is 0.816. The molecule has 4 nitrogen and oxygen atoms in total. The van der Waals surface area contributed by atoms with Gasteiger partial charge in [0.1, 0.15) is 5.75 Å². The first-order chi connectivity index (χ1) is 8.41. The number of carbonyl (C=O) groups excluding carboxylic acids is 1. The molecule has 0 unspecified atom stereocenters. The number of ether oxygens (including phenoxy) is 1. The molecule has 0 aliphatic carbocycles. The highest BCUT2D eigenvalue weighted by Crippen LogP contribution is 2.23. The minimum atomic E-state index is -0.0745. The lowest BCUT2D eigenvalue weighted by Crippen LogP contribution is -2.22. The summed E-state index contributed by atoms with van der Waals surface area (Å²) in [6.45, 7) is 4.86. The zero-order valence-corrected chi connectivity index (χ0v) is 11.6. The Morgan fingerprint density at radius 2 is 2.06 bits per heavy atom. The molecule has 100 valence electrons. The lowest BCUT2D eigenvalue weighted by molar-refractivity contribution is 0.0823. The summed E-state index contributed by atoms with van der Waals surface area (Å²) in [6.07, 6.45) is 0.949. The Labute approximate surface area is 109 Å². The summed E-state index contributed by atoms with van der Waals surface area (Å²) < 4.78 is 5.67. The monoisotopic (exact) mass is 250 g/mol. The summed E-state index contributed by atoms with van der Waals surface area (Å²) in [5.41, 5.74) is 6.89. The molecule has 18 heavy (non-hydrogen) atoms. The summed E-state index contributed by atoms with van der Waals surface area (Å²) in [5, 5.41) is 0. The lowest BCUT2D eigenvalue weighted by atomic mass is 10.1. The van der Waals surface area contributed by atoms with Crippen LogP contribution in [0.15, 0.2) is 18.2 Å². The number of nitrogen functional groups attached to an aromatic ring is 1. The Balaban J connectivity index is 2.86. The van der Waals surface area contributed by atoms with Crippen LogP contribution in [-0.2, 0) is 0 Å². The molecule has 1 rings (SSSR count). The third kappa shape index (κ3) is 3.95. The van der Waals surface area contributed by atoms with Gasteiger partial charge in [0.2, 0.25) is 0 Å². The molecule has 0 atom stereocenters. The van der Waals surface area contributed by atoms with Crippen LogP contribution in [0.5, 0.6) is 5.75 Å². The number of carbonyl (C=O) groups is 1. The van der Waals surface area contributed by atoms with Crippen LogP contribution < -0.4 is 10.5 Å². The van der Waals surface area contributed by atoms with Crippen molar-refractivity contribution in [3.05, 3.63) is 23.8 Å². The van der Waals surface area contributed by atoms with E-state index < -0.39 is 0 Å². The van der Waals surface area contributed by atoms with Crippen molar-refractivity contribution in [2.45, 2.75) is 20.3 Å². The van der Waals surface area contributed by atoms with E-state index in [4.69, 9.17) is 10.5 Å². The normalized spacial score (nSPS) is 10.5. The van der Waals surface area contributed by atoms with Crippen molar-refractivity contribution in [2.75, 3.05) is 26.4 Å². The van der Waals surface area contributed by atoms with Gasteiger partial charge in [-0.2, -0.15) is 0 Å². The molecule has 0 aliphatic heterocycles. The number of hydrogen-bond donors (Lipinski definition) is 1. The van der Waals surface area contributed by atoms with E-state index in [-0.39, 0.29) is 5.91 Å². The predicted octanol–water partition coefficient (Wildman–Crippen LogP) is 2.40. The van der Waals surface area contributed by atoms with E-state index in [1.54, 1.807) is 32.3 Å². The van der Waals surface area contributed by atoms with Crippen molar-refractivity contribution in [3.63, 3.8) is 0 Å². The van der Waals surface area contributed by atoms with Gasteiger partial charge >= 0.3 is 0 Å². The standard InChI is InChI=1S/C14H22N2O2/c1-10(2)7-8-18-13-9-11(15)5-6-12(13)14(17)16(3)4/h5-6,9-10H,7-8,15H2,1-4H3. The van der Waals surface area contributed by atoms with E-state index in [0.29, 0.717) is 29.5 Å². The first kappa shape index (κ1) is 14.4. The molecule has 0 heterocycles. The summed E-state index contributed by atoms with van der Waals surface area (Å²) in [5.74, 6) is 1.06. The van der Waals surface area contributed by atoms with Gasteiger partial charge < -0.3 is 15.4 Å². The second kappa shape index (κ2) is 6.28. The molecule has 2 N–H and O–H groups in total. The maximum absolute atomic E-state index is 12.0. The average Bonchev–Trinajstić information content (AvgIpc) is 2.27. The Morgan fingerprint density at radius 1 is 1.39 bits per heavy atom. The van der Waals surface area contributed by atoms with Gasteiger partial charge in [-0.1, -0.05) is 13.8 Å². The summed E-state index contributed by atoms with van der Waals surface area (Å²) >= 11 is 0. The highest BCUT2D eigenvalue weighted by Gasteiger charge is 2.14. The van der Waals surface area contributed by atoms with E-state index in [0.717, 1.165) is 6.42 Å². The largest absolute Gasteiger partial charge is 0.493 e. The zero-order valence-electron chi connectivity index (χ0n) is 11.6. The van der Waals surface area contributed by atoms with Gasteiger partial charge in [0.25, 0.3) is 5.91 Å². The smallest absolute Gasteiger partial charge is 0.257 e. The maximum atomic E-state index is 12.0. The predicted molar refractivity (Wildman–Crippen MR) is 73.8 cm³/mol. The van der Waals surface area contributed by atoms with E-state index in [1.807, 2.05) is 0 Å². The van der Waals surface area contributed by atoms with E-state index in [2.05, 4.69) is 13.8 Å². The molecule has 0 aliphatic rings. The number of rotatable bonds is 5. The zero-order chi connectivity index (χ0) is 13.7.